The minimum Gasteiger partial charge on any atom is -0.453 e. The van der Waals surface area contributed by atoms with Crippen molar-refractivity contribution in [2.75, 3.05) is 24.3 Å². The number of fused-ring (bicyclic) bond motifs is 4. The molecule has 3 aromatic rings. The van der Waals surface area contributed by atoms with Gasteiger partial charge in [-0.1, -0.05) is 24.9 Å². The Hall–Kier alpha value is -4.25. The van der Waals surface area contributed by atoms with Crippen LogP contribution in [0.5, 0.6) is 0 Å². The summed E-state index contributed by atoms with van der Waals surface area (Å²) in [7, 11) is 1.26. The topological polar surface area (TPSA) is 116 Å². The number of nitrogens with zero attached hydrogens (tertiary/aromatic N) is 2. The Morgan fingerprint density at radius 1 is 1.20 bits per heavy atom. The van der Waals surface area contributed by atoms with Crippen LogP contribution in [0.25, 0.3) is 16.8 Å². The highest BCUT2D eigenvalue weighted by atomic mass is 35.5. The zero-order valence-electron chi connectivity index (χ0n) is 22.4. The summed E-state index contributed by atoms with van der Waals surface area (Å²) >= 11 is 5.87. The summed E-state index contributed by atoms with van der Waals surface area (Å²) in [6.45, 7) is 2.04. The predicted molar refractivity (Wildman–Crippen MR) is 150 cm³/mol. The minimum atomic E-state index is -0.892. The van der Waals surface area contributed by atoms with Crippen LogP contribution in [0.3, 0.4) is 0 Å². The summed E-state index contributed by atoms with van der Waals surface area (Å²) < 4.78 is 33.8. The van der Waals surface area contributed by atoms with Crippen LogP contribution in [0.4, 0.5) is 25.0 Å². The van der Waals surface area contributed by atoms with Crippen molar-refractivity contribution in [2.45, 2.75) is 38.6 Å². The number of ether oxygens (including phenoxy) is 1. The van der Waals surface area contributed by atoms with E-state index in [1.165, 1.54) is 13.2 Å². The number of carbonyl (C=O) groups is 3. The van der Waals surface area contributed by atoms with Crippen LogP contribution in [-0.2, 0) is 14.3 Å². The standard InChI is InChI=1S/C29H28ClF2N5O4/c1-15-4-3-5-23(37-11-10-16(12-24(37)38)25-20(31)9-8-19(30)26(25)32)27-33-14-22(35-27)18-7-6-17(34-29(40)41-2)13-21(18)36-28(15)39/h6-9,12-15,23H,3-5,10-11H2,1-2H3,(H,33,35)(H,34,40)(H,36,39)/t15-,23+/m1/s1. The molecule has 0 unspecified atom stereocenters. The third-order valence-electron chi connectivity index (χ3n) is 7.40. The lowest BCUT2D eigenvalue weighted by atomic mass is 9.95. The number of anilines is 2. The van der Waals surface area contributed by atoms with Crippen LogP contribution in [0.1, 0.15) is 50.0 Å². The molecule has 0 saturated carbocycles. The molecular weight excluding hydrogens is 556 g/mol. The molecule has 2 bridgehead atoms. The lowest BCUT2D eigenvalue weighted by Crippen LogP contribution is -2.38. The van der Waals surface area contributed by atoms with E-state index in [4.69, 9.17) is 16.6 Å². The maximum absolute atomic E-state index is 14.7. The first kappa shape index (κ1) is 28.3. The van der Waals surface area contributed by atoms with Gasteiger partial charge < -0.3 is 19.9 Å². The van der Waals surface area contributed by atoms with Crippen molar-refractivity contribution in [3.8, 4) is 11.3 Å². The van der Waals surface area contributed by atoms with E-state index >= 15 is 0 Å². The van der Waals surface area contributed by atoms with Gasteiger partial charge >= 0.3 is 6.09 Å². The Kier molecular flexibility index (Phi) is 8.07. The van der Waals surface area contributed by atoms with Crippen molar-refractivity contribution in [2.24, 2.45) is 5.92 Å². The molecule has 214 valence electrons. The van der Waals surface area contributed by atoms with Crippen LogP contribution in [0.15, 0.2) is 42.6 Å². The molecule has 12 heteroatoms. The number of nitrogens with one attached hydrogen (secondary N) is 3. The Labute approximate surface area is 239 Å². The number of aromatic amines is 1. The highest BCUT2D eigenvalue weighted by Crippen LogP contribution is 2.37. The molecule has 1 aromatic heterocycles. The molecule has 3 amide bonds. The number of aromatic nitrogens is 2. The number of H-pyrrole nitrogens is 1. The maximum Gasteiger partial charge on any atom is 0.411 e. The summed E-state index contributed by atoms with van der Waals surface area (Å²) in [4.78, 5) is 47.7. The quantitative estimate of drug-likeness (QED) is 0.313. The van der Waals surface area contributed by atoms with Gasteiger partial charge in [0.2, 0.25) is 11.8 Å². The second kappa shape index (κ2) is 11.7. The van der Waals surface area contributed by atoms with Crippen LogP contribution < -0.4 is 10.6 Å². The second-order valence-corrected chi connectivity index (χ2v) is 10.5. The van der Waals surface area contributed by atoms with E-state index in [0.29, 0.717) is 47.7 Å². The Balaban J connectivity index is 1.49. The molecule has 9 nitrogen and oxygen atoms in total. The first-order valence-electron chi connectivity index (χ1n) is 13.2. The van der Waals surface area contributed by atoms with Gasteiger partial charge in [0.15, 0.2) is 5.82 Å². The number of hydrogen-bond acceptors (Lipinski definition) is 5. The van der Waals surface area contributed by atoms with E-state index in [-0.39, 0.29) is 40.9 Å². The van der Waals surface area contributed by atoms with Gasteiger partial charge in [0.1, 0.15) is 11.6 Å². The van der Waals surface area contributed by atoms with Crippen LogP contribution >= 0.6 is 11.6 Å². The number of benzene rings is 2. The van der Waals surface area contributed by atoms with Crippen molar-refractivity contribution in [1.29, 1.82) is 0 Å². The van der Waals surface area contributed by atoms with E-state index in [9.17, 15) is 23.2 Å². The molecule has 0 radical (unpaired) electrons. The Bertz CT molecular complexity index is 1560. The number of amides is 3. The van der Waals surface area contributed by atoms with E-state index in [0.717, 1.165) is 12.1 Å². The monoisotopic (exact) mass is 583 g/mol. The second-order valence-electron chi connectivity index (χ2n) is 10.1. The fourth-order valence-electron chi connectivity index (χ4n) is 5.19. The molecule has 2 atom stereocenters. The van der Waals surface area contributed by atoms with Crippen molar-refractivity contribution in [1.82, 2.24) is 14.9 Å². The van der Waals surface area contributed by atoms with E-state index < -0.39 is 29.7 Å². The summed E-state index contributed by atoms with van der Waals surface area (Å²) in [6.07, 6.45) is 4.21. The molecule has 2 aromatic carbocycles. The average Bonchev–Trinajstić information content (AvgIpc) is 3.43. The number of imidazole rings is 1. The molecule has 0 spiro atoms. The SMILES string of the molecule is COC(=O)Nc1ccc2c(c1)NC(=O)[C@H](C)CCC[C@H](N1CCC(c3c(F)ccc(Cl)c3F)=CC1=O)c1nc-2c[nH]1. The highest BCUT2D eigenvalue weighted by Gasteiger charge is 2.32. The number of halogens is 3. The molecular formula is C29H28ClF2N5O4. The number of methoxy groups -OCH3 is 1. The summed E-state index contributed by atoms with van der Waals surface area (Å²) in [5.74, 6) is -2.05. The lowest BCUT2D eigenvalue weighted by Gasteiger charge is -2.33. The van der Waals surface area contributed by atoms with Gasteiger partial charge in [-0.05, 0) is 55.2 Å². The predicted octanol–water partition coefficient (Wildman–Crippen LogP) is 6.30. The molecule has 0 fully saturated rings. The third kappa shape index (κ3) is 5.81. The van der Waals surface area contributed by atoms with Gasteiger partial charge in [-0.25, -0.2) is 18.6 Å². The van der Waals surface area contributed by atoms with Gasteiger partial charge in [0, 0.05) is 36.0 Å². The van der Waals surface area contributed by atoms with Crippen LogP contribution in [0.2, 0.25) is 5.02 Å². The third-order valence-corrected chi connectivity index (χ3v) is 7.70. The molecule has 0 saturated heterocycles. The van der Waals surface area contributed by atoms with Crippen LogP contribution in [0, 0.1) is 17.6 Å². The maximum atomic E-state index is 14.7. The van der Waals surface area contributed by atoms with Crippen molar-refractivity contribution in [3.63, 3.8) is 0 Å². The first-order valence-corrected chi connectivity index (χ1v) is 13.5. The highest BCUT2D eigenvalue weighted by molar-refractivity contribution is 6.31. The molecule has 3 N–H and O–H groups in total. The zero-order chi connectivity index (χ0) is 29.3. The fourth-order valence-corrected chi connectivity index (χ4v) is 5.35. The number of carbonyl (C=O) groups excluding carboxylic acids is 3. The molecule has 5 rings (SSSR count). The van der Waals surface area contributed by atoms with Crippen molar-refractivity contribution < 1.29 is 27.9 Å². The van der Waals surface area contributed by atoms with Crippen molar-refractivity contribution in [3.05, 3.63) is 70.6 Å². The largest absolute Gasteiger partial charge is 0.453 e. The van der Waals surface area contributed by atoms with Gasteiger partial charge in [-0.15, -0.1) is 0 Å². The van der Waals surface area contributed by atoms with Gasteiger partial charge in [-0.3, -0.25) is 14.9 Å². The molecule has 0 aliphatic carbocycles. The van der Waals surface area contributed by atoms with E-state index in [2.05, 4.69) is 20.4 Å². The molecule has 2 aliphatic rings. The molecule has 3 heterocycles. The molecule has 41 heavy (non-hydrogen) atoms. The number of rotatable bonds is 3. The first-order chi connectivity index (χ1) is 19.7. The lowest BCUT2D eigenvalue weighted by molar-refractivity contribution is -0.129. The zero-order valence-corrected chi connectivity index (χ0v) is 23.1. The van der Waals surface area contributed by atoms with E-state index in [1.54, 1.807) is 29.3 Å². The van der Waals surface area contributed by atoms with Gasteiger partial charge in [0.25, 0.3) is 0 Å². The summed E-state index contributed by atoms with van der Waals surface area (Å²) in [6, 6.07) is 6.78. The molecule has 2 aliphatic heterocycles. The van der Waals surface area contributed by atoms with Crippen molar-refractivity contribution >= 4 is 46.5 Å². The normalized spacial score (nSPS) is 19.3. The average molecular weight is 584 g/mol. The van der Waals surface area contributed by atoms with Crippen LogP contribution in [-0.4, -0.2) is 46.4 Å². The van der Waals surface area contributed by atoms with Gasteiger partial charge in [-0.2, -0.15) is 0 Å². The van der Waals surface area contributed by atoms with E-state index in [1.807, 2.05) is 6.92 Å². The summed E-state index contributed by atoms with van der Waals surface area (Å²) in [5.41, 5.74) is 1.98. The summed E-state index contributed by atoms with van der Waals surface area (Å²) in [5, 5.41) is 5.32. The minimum absolute atomic E-state index is 0.193. The Morgan fingerprint density at radius 2 is 2.00 bits per heavy atom. The van der Waals surface area contributed by atoms with Gasteiger partial charge in [0.05, 0.1) is 35.1 Å². The fraction of sp³-hybridized carbons (Fsp3) is 0.310. The smallest absolute Gasteiger partial charge is 0.411 e. The number of hydrogen-bond donors (Lipinski definition) is 3. The Morgan fingerprint density at radius 3 is 2.76 bits per heavy atom.